The van der Waals surface area contributed by atoms with E-state index < -0.39 is 88.5 Å². The maximum atomic E-state index is 13.6. The Labute approximate surface area is 264 Å². The summed E-state index contributed by atoms with van der Waals surface area (Å²) in [5.41, 5.74) is 9.03. The number of rotatable bonds is 2. The molecule has 252 valence electrons. The number of H-pyrrole nitrogens is 1. The average molecular weight is 697 g/mol. The Morgan fingerprint density at radius 3 is 2.66 bits per heavy atom. The summed E-state index contributed by atoms with van der Waals surface area (Å²) in [4.78, 5) is 46.5. The molecule has 47 heavy (non-hydrogen) atoms. The van der Waals surface area contributed by atoms with Gasteiger partial charge in [0.15, 0.2) is 28.9 Å². The summed E-state index contributed by atoms with van der Waals surface area (Å²) in [5, 5.41) is 11.7. The van der Waals surface area contributed by atoms with Gasteiger partial charge < -0.3 is 44.6 Å². The highest BCUT2D eigenvalue weighted by Crippen LogP contribution is 2.60. The Morgan fingerprint density at radius 2 is 1.85 bits per heavy atom. The minimum absolute atomic E-state index is 0.0285. The van der Waals surface area contributed by atoms with E-state index >= 15 is 0 Å². The number of nitrogens with two attached hydrogens (primary N) is 2. The van der Waals surface area contributed by atoms with Crippen LogP contribution in [-0.2, 0) is 36.7 Å². The lowest BCUT2D eigenvalue weighted by atomic mass is 9.79. The normalized spacial score (nSPS) is 40.7. The number of hydrogen-bond donors (Lipinski definition) is 5. The lowest BCUT2D eigenvalue weighted by Gasteiger charge is -2.37. The third-order valence-electron chi connectivity index (χ3n) is 9.71. The second kappa shape index (κ2) is 10.6. The van der Waals surface area contributed by atoms with Crippen molar-refractivity contribution in [2.24, 2.45) is 11.3 Å². The first-order valence-electron chi connectivity index (χ1n) is 14.4. The highest BCUT2D eigenvalue weighted by molar-refractivity contribution is 7.47. The lowest BCUT2D eigenvalue weighted by molar-refractivity contribution is -0.183. The molecule has 21 nitrogen and oxygen atoms in total. The van der Waals surface area contributed by atoms with Gasteiger partial charge in [0, 0.05) is 5.41 Å². The predicted molar refractivity (Wildman–Crippen MR) is 158 cm³/mol. The van der Waals surface area contributed by atoms with Gasteiger partial charge in [0.2, 0.25) is 5.95 Å². The Bertz CT molecular complexity index is 2040. The summed E-state index contributed by atoms with van der Waals surface area (Å²) in [6.45, 7) is 2.34. The molecule has 4 aliphatic rings. The number of fused-ring (bicyclic) bond motifs is 3. The summed E-state index contributed by atoms with van der Waals surface area (Å²) in [5.74, 6) is -0.569. The van der Waals surface area contributed by atoms with Crippen LogP contribution < -0.4 is 17.0 Å². The van der Waals surface area contributed by atoms with Crippen molar-refractivity contribution in [3.05, 3.63) is 29.3 Å². The Morgan fingerprint density at radius 1 is 1.09 bits per heavy atom. The molecule has 23 heteroatoms. The van der Waals surface area contributed by atoms with Gasteiger partial charge in [-0.1, -0.05) is 13.8 Å². The number of phosphoric ester groups is 1. The molecule has 4 fully saturated rings. The van der Waals surface area contributed by atoms with Crippen molar-refractivity contribution in [2.75, 3.05) is 31.3 Å². The van der Waals surface area contributed by atoms with E-state index in [1.165, 1.54) is 23.5 Å². The molecule has 11 atom stereocenters. The van der Waals surface area contributed by atoms with Gasteiger partial charge in [0.25, 0.3) is 5.56 Å². The summed E-state index contributed by atoms with van der Waals surface area (Å²) in [6.07, 6.45) is -1.94. The highest BCUT2D eigenvalue weighted by Gasteiger charge is 2.66. The van der Waals surface area contributed by atoms with Crippen molar-refractivity contribution in [2.45, 2.75) is 56.1 Å². The molecule has 4 aromatic heterocycles. The van der Waals surface area contributed by atoms with Crippen LogP contribution in [0.5, 0.6) is 0 Å². The fourth-order valence-electron chi connectivity index (χ4n) is 7.14. The number of phosphoric acid groups is 1. The second-order valence-electron chi connectivity index (χ2n) is 12.3. The van der Waals surface area contributed by atoms with Gasteiger partial charge in [-0.05, 0) is 5.92 Å². The van der Waals surface area contributed by atoms with Gasteiger partial charge in [0.1, 0.15) is 41.9 Å². The van der Waals surface area contributed by atoms with Gasteiger partial charge in [-0.25, -0.2) is 24.5 Å². The fraction of sp³-hybridized carbons (Fsp3) is 0.583. The molecule has 0 spiro atoms. The first-order chi connectivity index (χ1) is 22.3. The number of nitrogens with zero attached hydrogens (tertiary/aromatic N) is 7. The molecule has 7 N–H and O–H groups in total. The number of aliphatic hydroxyl groups is 1. The average Bonchev–Trinajstić information content (AvgIpc) is 3.81. The fourth-order valence-corrected chi connectivity index (χ4v) is 9.29. The number of hydrogen-bond acceptors (Lipinski definition) is 17. The van der Waals surface area contributed by atoms with E-state index in [9.17, 15) is 23.9 Å². The molecule has 3 aliphatic heterocycles. The number of aromatic nitrogens is 8. The van der Waals surface area contributed by atoms with E-state index in [4.69, 9.17) is 39.0 Å². The standard InChI is InChI=1S/C24H30N10O11P2/c1-9-12(33-7-29-10-17(25)27-6-28-18(10)33)13(35)15-23(9,2)3-42-47(38,39)45-16-14-21(43-24(16,4-40-14)5-41-46(37)44-15)34-8-30-11-19(34)31-22(26)32-20(11)36/h6-9,12-16,21,35,46H,3-5H2,1-2H3,(H,38,39)(H2,25,27,28)(H3,26,31,32,36)/t9-,12-,13+,14-,15+,16+,21-,23+,24-/m1/s1. The largest absolute Gasteiger partial charge is 0.472 e. The molecular formula is C24H30N10O11P2. The van der Waals surface area contributed by atoms with Gasteiger partial charge in [0.05, 0.1) is 38.5 Å². The number of aromatic amines is 1. The summed E-state index contributed by atoms with van der Waals surface area (Å²) < 4.78 is 65.2. The van der Waals surface area contributed by atoms with Crippen LogP contribution in [0.4, 0.5) is 11.8 Å². The first-order valence-corrected chi connectivity index (χ1v) is 17.2. The van der Waals surface area contributed by atoms with Crippen LogP contribution in [-0.4, -0.2) is 98.9 Å². The van der Waals surface area contributed by atoms with Crippen molar-refractivity contribution in [3.8, 4) is 0 Å². The van der Waals surface area contributed by atoms with E-state index in [-0.39, 0.29) is 29.5 Å². The van der Waals surface area contributed by atoms with Crippen LogP contribution in [0.3, 0.4) is 0 Å². The van der Waals surface area contributed by atoms with Crippen LogP contribution in [0, 0.1) is 11.3 Å². The zero-order chi connectivity index (χ0) is 33.0. The Kier molecular flexibility index (Phi) is 6.96. The van der Waals surface area contributed by atoms with Crippen molar-refractivity contribution in [1.29, 1.82) is 0 Å². The third kappa shape index (κ3) is 4.61. The van der Waals surface area contributed by atoms with Crippen LogP contribution >= 0.6 is 16.1 Å². The minimum atomic E-state index is -4.89. The molecule has 2 unspecified atom stereocenters. The second-order valence-corrected chi connectivity index (χ2v) is 14.8. The molecule has 1 aliphatic carbocycles. The zero-order valence-corrected chi connectivity index (χ0v) is 26.6. The molecule has 4 aromatic rings. The number of nitrogens with one attached hydrogen (secondary N) is 1. The summed E-state index contributed by atoms with van der Waals surface area (Å²) in [7, 11) is -8.26. The van der Waals surface area contributed by atoms with Crippen LogP contribution in [0.25, 0.3) is 22.3 Å². The van der Waals surface area contributed by atoms with Crippen LogP contribution in [0.2, 0.25) is 0 Å². The van der Waals surface area contributed by atoms with Crippen molar-refractivity contribution < 1.29 is 46.7 Å². The number of nitrogen functional groups attached to an aromatic ring is 2. The van der Waals surface area contributed by atoms with Gasteiger partial charge in [-0.3, -0.25) is 28.0 Å². The molecule has 1 saturated carbocycles. The topological polar surface area (TPSA) is 289 Å². The van der Waals surface area contributed by atoms with Gasteiger partial charge in [-0.15, -0.1) is 0 Å². The number of imidazole rings is 2. The van der Waals surface area contributed by atoms with Gasteiger partial charge in [-0.2, -0.15) is 4.98 Å². The minimum Gasteiger partial charge on any atom is -0.388 e. The molecule has 3 saturated heterocycles. The molecular weight excluding hydrogens is 666 g/mol. The van der Waals surface area contributed by atoms with Crippen molar-refractivity contribution >= 4 is 50.2 Å². The van der Waals surface area contributed by atoms with E-state index in [0.29, 0.717) is 11.2 Å². The van der Waals surface area contributed by atoms with Crippen LogP contribution in [0.1, 0.15) is 26.1 Å². The smallest absolute Gasteiger partial charge is 0.388 e. The van der Waals surface area contributed by atoms with Gasteiger partial charge >= 0.3 is 16.1 Å². The number of anilines is 2. The van der Waals surface area contributed by atoms with E-state index in [2.05, 4.69) is 29.9 Å². The molecule has 2 bridgehead atoms. The monoisotopic (exact) mass is 696 g/mol. The molecule has 0 aromatic carbocycles. The highest BCUT2D eigenvalue weighted by atomic mass is 31.2. The van der Waals surface area contributed by atoms with Crippen LogP contribution in [0.15, 0.2) is 23.8 Å². The maximum absolute atomic E-state index is 13.6. The summed E-state index contributed by atoms with van der Waals surface area (Å²) >= 11 is 0. The summed E-state index contributed by atoms with van der Waals surface area (Å²) in [6, 6.07) is -0.766. The quantitative estimate of drug-likeness (QED) is 0.167. The van der Waals surface area contributed by atoms with E-state index in [0.717, 1.165) is 0 Å². The lowest BCUT2D eigenvalue weighted by Crippen LogP contribution is -2.46. The Balaban J connectivity index is 1.12. The molecule has 7 heterocycles. The number of ether oxygens (including phenoxy) is 2. The molecule has 8 rings (SSSR count). The van der Waals surface area contributed by atoms with Crippen molar-refractivity contribution in [3.63, 3.8) is 0 Å². The first kappa shape index (κ1) is 30.9. The Hall–Kier alpha value is -3.36. The zero-order valence-electron chi connectivity index (χ0n) is 24.7. The molecule has 0 radical (unpaired) electrons. The maximum Gasteiger partial charge on any atom is 0.472 e. The predicted octanol–water partition coefficient (Wildman–Crippen LogP) is -0.344. The molecule has 0 amide bonds. The van der Waals surface area contributed by atoms with Crippen molar-refractivity contribution in [1.82, 2.24) is 39.0 Å². The van der Waals surface area contributed by atoms with E-state index in [1.807, 2.05) is 0 Å². The third-order valence-corrected chi connectivity index (χ3v) is 11.5. The SMILES string of the molecule is C[C@@H]1[C@@H](n2cnc3c(N)ncnc32)[C@H](O)[C@@H]2O[PH](=O)OC[C@@]34CO[C@@H]([C@H](n5cnc6c(=O)[nH]c(N)nc65)O3)[C@@H]4OP(=O)(O)OC[C@@]12C. The van der Waals surface area contributed by atoms with E-state index in [1.54, 1.807) is 18.4 Å². The number of aliphatic hydroxyl groups excluding tert-OH is 1.